The van der Waals surface area contributed by atoms with Gasteiger partial charge in [0.15, 0.2) is 5.82 Å². The maximum absolute atomic E-state index is 17.2. The molecule has 5 unspecified atom stereocenters. The normalized spacial score (nSPS) is 23.7. The number of aromatic nitrogens is 3. The average molecular weight is 740 g/mol. The van der Waals surface area contributed by atoms with Crippen molar-refractivity contribution in [3.63, 3.8) is 0 Å². The van der Waals surface area contributed by atoms with Gasteiger partial charge in [-0.2, -0.15) is 5.26 Å². The molecule has 0 radical (unpaired) electrons. The van der Waals surface area contributed by atoms with Crippen molar-refractivity contribution in [2.45, 2.75) is 69.7 Å². The number of halogens is 3. The van der Waals surface area contributed by atoms with Crippen LogP contribution in [0.2, 0.25) is 10.0 Å². The fourth-order valence-corrected chi connectivity index (χ4v) is 9.26. The number of likely N-dealkylation sites (tertiary alicyclic amines) is 1. The number of hydrogen-bond acceptors (Lipinski definition) is 6. The van der Waals surface area contributed by atoms with Crippen molar-refractivity contribution >= 4 is 50.9 Å². The highest BCUT2D eigenvalue weighted by atomic mass is 35.5. The molecule has 2 bridgehead atoms. The third kappa shape index (κ3) is 5.31. The lowest BCUT2D eigenvalue weighted by Crippen LogP contribution is -2.41. The Bertz CT molecular complexity index is 2400. The summed E-state index contributed by atoms with van der Waals surface area (Å²) in [6.45, 7) is 3.20. The van der Waals surface area contributed by atoms with Crippen LogP contribution in [-0.4, -0.2) is 50.2 Å². The summed E-state index contributed by atoms with van der Waals surface area (Å²) in [4.78, 5) is 33.3. The van der Waals surface area contributed by atoms with Crippen molar-refractivity contribution in [1.82, 2.24) is 24.3 Å². The number of hydrogen-bond donors (Lipinski definition) is 1. The van der Waals surface area contributed by atoms with E-state index in [-0.39, 0.29) is 58.6 Å². The quantitative estimate of drug-likeness (QED) is 0.178. The summed E-state index contributed by atoms with van der Waals surface area (Å²) in [6, 6.07) is 14.8. The molecular formula is C40H37Cl2FN6O3. The zero-order valence-corrected chi connectivity index (χ0v) is 30.3. The highest BCUT2D eigenvalue weighted by molar-refractivity contribution is 6.43. The average Bonchev–Trinajstić information content (AvgIpc) is 3.41. The molecule has 5 fully saturated rings. The van der Waals surface area contributed by atoms with Crippen LogP contribution in [0, 0.1) is 35.9 Å². The third-order valence-corrected chi connectivity index (χ3v) is 12.4. The Morgan fingerprint density at radius 3 is 2.69 bits per heavy atom. The van der Waals surface area contributed by atoms with Crippen LogP contribution in [-0.2, 0) is 18.3 Å². The maximum atomic E-state index is 17.2. The predicted octanol–water partition coefficient (Wildman–Crippen LogP) is 7.43. The van der Waals surface area contributed by atoms with Gasteiger partial charge in [0, 0.05) is 83.9 Å². The first-order valence-electron chi connectivity index (χ1n) is 18.0. The van der Waals surface area contributed by atoms with Gasteiger partial charge in [0.25, 0.3) is 5.56 Å². The number of ether oxygens (including phenoxy) is 1. The summed E-state index contributed by atoms with van der Waals surface area (Å²) in [5.74, 6) is 0.493. The number of amides is 1. The smallest absolute Gasteiger partial charge is 0.253 e. The molecule has 6 heterocycles. The first-order valence-corrected chi connectivity index (χ1v) is 18.7. The molecule has 52 heavy (non-hydrogen) atoms. The summed E-state index contributed by atoms with van der Waals surface area (Å²) in [6.07, 6.45) is 5.21. The fraction of sp³-hybridized carbons (Fsp3) is 0.400. The highest BCUT2D eigenvalue weighted by Gasteiger charge is 2.51. The number of nitrogens with zero attached hydrogens (tertiary/aromatic N) is 5. The SMILES string of the molecule is Cc1nc2c(F)c(-c3cccc(Cl)c3Cl)c(CCC#N)cc2c2c1cc(C1CC(Oc3ccn(C)c(=O)c3)CN1C(=O)C1CC1)n2C1C2CNC1C2. The monoisotopic (exact) mass is 738 g/mol. The van der Waals surface area contributed by atoms with Gasteiger partial charge in [-0.1, -0.05) is 35.3 Å². The van der Waals surface area contributed by atoms with Gasteiger partial charge in [0.1, 0.15) is 17.4 Å². The van der Waals surface area contributed by atoms with Crippen molar-refractivity contribution in [2.75, 3.05) is 13.1 Å². The van der Waals surface area contributed by atoms with Gasteiger partial charge in [-0.15, -0.1) is 0 Å². The molecule has 5 aliphatic rings. The molecule has 5 atom stereocenters. The van der Waals surface area contributed by atoms with E-state index in [9.17, 15) is 14.9 Å². The van der Waals surface area contributed by atoms with E-state index >= 15 is 4.39 Å². The Labute approximate surface area is 309 Å². The lowest BCUT2D eigenvalue weighted by atomic mass is 9.79. The molecule has 5 aromatic rings. The number of nitrogens with one attached hydrogen (secondary N) is 1. The predicted molar refractivity (Wildman–Crippen MR) is 198 cm³/mol. The van der Waals surface area contributed by atoms with Crippen LogP contribution in [0.3, 0.4) is 0 Å². The van der Waals surface area contributed by atoms with Crippen molar-refractivity contribution in [3.05, 3.63) is 91.8 Å². The van der Waals surface area contributed by atoms with E-state index in [2.05, 4.69) is 22.0 Å². The Morgan fingerprint density at radius 2 is 1.98 bits per heavy atom. The Morgan fingerprint density at radius 1 is 1.15 bits per heavy atom. The first-order chi connectivity index (χ1) is 25.1. The van der Waals surface area contributed by atoms with Gasteiger partial charge in [0.2, 0.25) is 5.91 Å². The van der Waals surface area contributed by atoms with Crippen LogP contribution in [0.25, 0.3) is 32.9 Å². The molecule has 0 spiro atoms. The third-order valence-electron chi connectivity index (χ3n) is 11.6. The molecule has 1 N–H and O–H groups in total. The summed E-state index contributed by atoms with van der Waals surface area (Å²) in [5, 5.41) is 15.4. The number of nitriles is 1. The molecule has 10 rings (SSSR count). The number of benzene rings is 2. The van der Waals surface area contributed by atoms with Crippen LogP contribution < -0.4 is 15.6 Å². The molecule has 12 heteroatoms. The highest BCUT2D eigenvalue weighted by Crippen LogP contribution is 2.51. The minimum atomic E-state index is -0.502. The number of carbonyl (C=O) groups excluding carboxylic acids is 1. The second-order valence-electron chi connectivity index (χ2n) is 14.8. The van der Waals surface area contributed by atoms with E-state index in [0.29, 0.717) is 63.8 Å². The van der Waals surface area contributed by atoms with Gasteiger partial charge in [-0.05, 0) is 68.4 Å². The molecule has 2 aliphatic carbocycles. The van der Waals surface area contributed by atoms with E-state index in [1.54, 1.807) is 37.5 Å². The Kier molecular flexibility index (Phi) is 8.10. The standard InChI is InChI=1S/C40H37Cl2FN6O3/c1-20-27-17-32(31-15-25(19-48(31)40(51)21-8-9-21)52-24-10-12-47(2)33(50)16-24)49(38-23-14-30(38)45-18-23)39(27)28-13-22(5-4-11-44)34(36(43)37(28)46-20)26-6-3-7-29(41)35(26)42/h3,6-7,10,12-13,16-17,21,23,25,30-31,38,45H,4-5,8-9,14-15,18-19H2,1-2H3. The van der Waals surface area contributed by atoms with Crippen molar-refractivity contribution in [1.29, 1.82) is 5.26 Å². The molecule has 3 aromatic heterocycles. The van der Waals surface area contributed by atoms with Gasteiger partial charge < -0.3 is 24.1 Å². The molecule has 2 saturated carbocycles. The number of fused-ring (bicyclic) bond motifs is 4. The number of pyridine rings is 2. The molecule has 266 valence electrons. The van der Waals surface area contributed by atoms with Gasteiger partial charge in [-0.25, -0.2) is 9.37 Å². The van der Waals surface area contributed by atoms with Crippen molar-refractivity contribution < 1.29 is 13.9 Å². The van der Waals surface area contributed by atoms with Crippen LogP contribution in [0.4, 0.5) is 4.39 Å². The number of rotatable bonds is 8. The van der Waals surface area contributed by atoms with Gasteiger partial charge >= 0.3 is 0 Å². The molecule has 1 amide bonds. The van der Waals surface area contributed by atoms with Crippen LogP contribution >= 0.6 is 23.2 Å². The molecule has 3 saturated heterocycles. The largest absolute Gasteiger partial charge is 0.488 e. The Hall–Kier alpha value is -4.43. The van der Waals surface area contributed by atoms with Crippen LogP contribution in [0.5, 0.6) is 5.75 Å². The van der Waals surface area contributed by atoms with E-state index in [4.69, 9.17) is 32.9 Å². The summed E-state index contributed by atoms with van der Waals surface area (Å²) in [5.41, 5.74) is 4.03. The zero-order valence-electron chi connectivity index (χ0n) is 28.8. The van der Waals surface area contributed by atoms with E-state index in [0.717, 1.165) is 42.4 Å². The van der Waals surface area contributed by atoms with E-state index < -0.39 is 5.82 Å². The summed E-state index contributed by atoms with van der Waals surface area (Å²) < 4.78 is 27.5. The lowest BCUT2D eigenvalue weighted by Gasteiger charge is -2.39. The fourth-order valence-electron chi connectivity index (χ4n) is 8.87. The minimum Gasteiger partial charge on any atom is -0.488 e. The van der Waals surface area contributed by atoms with Crippen molar-refractivity contribution in [2.24, 2.45) is 18.9 Å². The van der Waals surface area contributed by atoms with Crippen LogP contribution in [0.15, 0.2) is 53.5 Å². The number of aryl methyl sites for hydroxylation is 3. The molecule has 9 nitrogen and oxygen atoms in total. The minimum absolute atomic E-state index is 0.00223. The van der Waals surface area contributed by atoms with E-state index in [1.807, 2.05) is 17.9 Å². The topological polar surface area (TPSA) is 105 Å². The Balaban J connectivity index is 1.25. The molecular weight excluding hydrogens is 702 g/mol. The lowest BCUT2D eigenvalue weighted by molar-refractivity contribution is -0.133. The summed E-state index contributed by atoms with van der Waals surface area (Å²) >= 11 is 13.1. The first kappa shape index (κ1) is 33.4. The zero-order chi connectivity index (χ0) is 36.0. The second-order valence-corrected chi connectivity index (χ2v) is 15.6. The molecule has 2 aromatic carbocycles. The molecule has 3 aliphatic heterocycles. The second kappa shape index (κ2) is 12.6. The van der Waals surface area contributed by atoms with Gasteiger partial charge in [0.05, 0.1) is 40.3 Å². The van der Waals surface area contributed by atoms with Gasteiger partial charge in [-0.3, -0.25) is 9.59 Å². The summed E-state index contributed by atoms with van der Waals surface area (Å²) in [7, 11) is 1.70. The number of carbonyl (C=O) groups is 1. The van der Waals surface area contributed by atoms with E-state index in [1.165, 1.54) is 10.6 Å². The maximum Gasteiger partial charge on any atom is 0.253 e. The van der Waals surface area contributed by atoms with Crippen molar-refractivity contribution in [3.8, 4) is 22.9 Å². The van der Waals surface area contributed by atoms with Crippen LogP contribution in [0.1, 0.15) is 61.1 Å².